The summed E-state index contributed by atoms with van der Waals surface area (Å²) in [4.78, 5) is 25.1. The van der Waals surface area contributed by atoms with E-state index >= 15 is 0 Å². The molecule has 91 heavy (non-hydrogen) atoms. The van der Waals surface area contributed by atoms with E-state index in [2.05, 4.69) is 67.8 Å². The zero-order chi connectivity index (χ0) is 65.8. The molecular weight excluding hydrogens is 1130 g/mol. The van der Waals surface area contributed by atoms with E-state index in [9.17, 15) is 35.1 Å². The maximum Gasteiger partial charge on any atom is 0.305 e. The number of aliphatic hydroxyl groups is 5. The first-order valence-corrected chi connectivity index (χ1v) is 39.1. The van der Waals surface area contributed by atoms with Crippen molar-refractivity contribution in [2.24, 2.45) is 0 Å². The van der Waals surface area contributed by atoms with Crippen LogP contribution in [0.4, 0.5) is 0 Å². The first-order chi connectivity index (χ1) is 44.7. The first-order valence-electron chi connectivity index (χ1n) is 39.1. The number of carbonyl (C=O) groups excluding carboxylic acids is 2. The van der Waals surface area contributed by atoms with Crippen molar-refractivity contribution in [2.45, 2.75) is 416 Å². The van der Waals surface area contributed by atoms with Gasteiger partial charge in [-0.05, 0) is 96.3 Å². The van der Waals surface area contributed by atoms with Gasteiger partial charge in [0.05, 0.1) is 32.0 Å². The lowest BCUT2D eigenvalue weighted by Gasteiger charge is -2.40. The molecule has 1 rings (SSSR count). The lowest BCUT2D eigenvalue weighted by atomic mass is 9.99. The number of ether oxygens (including phenoxy) is 3. The summed E-state index contributed by atoms with van der Waals surface area (Å²) in [6.45, 7) is 4.32. The van der Waals surface area contributed by atoms with Crippen molar-refractivity contribution in [1.82, 2.24) is 5.32 Å². The molecule has 6 N–H and O–H groups in total. The van der Waals surface area contributed by atoms with Crippen LogP contribution in [0.25, 0.3) is 0 Å². The molecule has 1 aliphatic heterocycles. The lowest BCUT2D eigenvalue weighted by molar-refractivity contribution is -0.302. The molecule has 1 heterocycles. The van der Waals surface area contributed by atoms with Gasteiger partial charge in [0, 0.05) is 12.8 Å². The van der Waals surface area contributed by atoms with Gasteiger partial charge in [-0.25, -0.2) is 0 Å². The minimum atomic E-state index is -1.57. The average molecular weight is 1280 g/mol. The first kappa shape index (κ1) is 86.4. The molecule has 1 saturated heterocycles. The van der Waals surface area contributed by atoms with Gasteiger partial charge in [0.25, 0.3) is 0 Å². The number of hydrogen-bond acceptors (Lipinski definition) is 10. The van der Waals surface area contributed by atoms with E-state index in [1.165, 1.54) is 276 Å². The lowest BCUT2D eigenvalue weighted by Crippen LogP contribution is -2.60. The molecule has 1 aliphatic rings. The summed E-state index contributed by atoms with van der Waals surface area (Å²) in [6, 6.07) is -0.807. The predicted molar refractivity (Wildman–Crippen MR) is 384 cm³/mol. The van der Waals surface area contributed by atoms with Gasteiger partial charge in [0.15, 0.2) is 6.29 Å². The molecule has 7 unspecified atom stereocenters. The Morgan fingerprint density at radius 2 is 0.736 bits per heavy atom. The van der Waals surface area contributed by atoms with Crippen LogP contribution in [0.2, 0.25) is 0 Å². The molecule has 7 atom stereocenters. The second-order valence-electron chi connectivity index (χ2n) is 27.1. The summed E-state index contributed by atoms with van der Waals surface area (Å²) in [5.74, 6) is -0.179. The Morgan fingerprint density at radius 3 is 1.13 bits per heavy atom. The Bertz CT molecular complexity index is 1700. The van der Waals surface area contributed by atoms with Crippen LogP contribution in [0.3, 0.4) is 0 Å². The Hall–Kier alpha value is -2.64. The van der Waals surface area contributed by atoms with E-state index in [1.807, 2.05) is 6.08 Å². The van der Waals surface area contributed by atoms with Crippen molar-refractivity contribution >= 4 is 11.9 Å². The van der Waals surface area contributed by atoms with E-state index in [4.69, 9.17) is 14.2 Å². The largest absolute Gasteiger partial charge is 0.466 e. The van der Waals surface area contributed by atoms with E-state index in [1.54, 1.807) is 6.08 Å². The SMILES string of the molecule is CCCCC/C=C\C/C=C\CCCCCCCC(=O)OCCCCCCCCCCCCCCCCC/C=C\C/C=C\CCCCCCCCCCCCCCCCCCCC(=O)NC(COC1OC(CO)C(O)C(O)C1O)C(O)/C=C/CCCCCCCCC. The fourth-order valence-electron chi connectivity index (χ4n) is 12.2. The molecule has 1 fully saturated rings. The number of nitrogens with one attached hydrogen (secondary N) is 1. The molecule has 0 saturated carbocycles. The van der Waals surface area contributed by atoms with Gasteiger partial charge in [0.2, 0.25) is 5.91 Å². The van der Waals surface area contributed by atoms with Gasteiger partial charge >= 0.3 is 5.97 Å². The topological polar surface area (TPSA) is 175 Å². The molecular formula is C80H147NO10. The smallest absolute Gasteiger partial charge is 0.305 e. The number of unbranched alkanes of at least 4 members (excludes halogenated alkanes) is 47. The molecule has 11 nitrogen and oxygen atoms in total. The highest BCUT2D eigenvalue weighted by Crippen LogP contribution is 2.24. The van der Waals surface area contributed by atoms with Crippen LogP contribution in [-0.2, 0) is 23.8 Å². The quantitative estimate of drug-likeness (QED) is 0.0195. The van der Waals surface area contributed by atoms with Crippen molar-refractivity contribution in [1.29, 1.82) is 0 Å². The van der Waals surface area contributed by atoms with Crippen molar-refractivity contribution in [3.8, 4) is 0 Å². The minimum absolute atomic E-state index is 0.000503. The summed E-state index contributed by atoms with van der Waals surface area (Å²) in [7, 11) is 0. The van der Waals surface area contributed by atoms with Crippen LogP contribution in [0.5, 0.6) is 0 Å². The Labute approximate surface area is 560 Å². The molecule has 0 aliphatic carbocycles. The van der Waals surface area contributed by atoms with Crippen molar-refractivity contribution < 1.29 is 49.3 Å². The number of esters is 1. The summed E-state index contributed by atoms with van der Waals surface area (Å²) in [5, 5.41) is 54.3. The third-order valence-electron chi connectivity index (χ3n) is 18.3. The highest BCUT2D eigenvalue weighted by atomic mass is 16.7. The van der Waals surface area contributed by atoms with Crippen molar-refractivity contribution in [2.75, 3.05) is 19.8 Å². The maximum atomic E-state index is 13.0. The minimum Gasteiger partial charge on any atom is -0.466 e. The van der Waals surface area contributed by atoms with E-state index in [-0.39, 0.29) is 18.5 Å². The zero-order valence-electron chi connectivity index (χ0n) is 59.3. The molecule has 0 aromatic rings. The number of aliphatic hydroxyl groups excluding tert-OH is 5. The Kier molecular flexibility index (Phi) is 65.2. The predicted octanol–water partition coefficient (Wildman–Crippen LogP) is 20.9. The molecule has 0 aromatic carbocycles. The summed E-state index contributed by atoms with van der Waals surface area (Å²) in [5.41, 5.74) is 0. The molecule has 0 bridgehead atoms. The second kappa shape index (κ2) is 68.7. The van der Waals surface area contributed by atoms with Crippen LogP contribution >= 0.6 is 0 Å². The van der Waals surface area contributed by atoms with Crippen LogP contribution in [0, 0.1) is 0 Å². The molecule has 0 radical (unpaired) electrons. The summed E-state index contributed by atoms with van der Waals surface area (Å²) < 4.78 is 16.7. The number of hydrogen-bond donors (Lipinski definition) is 6. The molecule has 0 spiro atoms. The summed E-state index contributed by atoms with van der Waals surface area (Å²) >= 11 is 0. The summed E-state index contributed by atoms with van der Waals surface area (Å²) in [6.07, 6.45) is 82.7. The Balaban J connectivity index is 1.87. The molecule has 532 valence electrons. The highest BCUT2D eigenvalue weighted by Gasteiger charge is 2.44. The highest BCUT2D eigenvalue weighted by molar-refractivity contribution is 5.76. The van der Waals surface area contributed by atoms with Gasteiger partial charge in [-0.15, -0.1) is 0 Å². The van der Waals surface area contributed by atoms with Gasteiger partial charge in [-0.3, -0.25) is 9.59 Å². The van der Waals surface area contributed by atoms with E-state index in [0.717, 1.165) is 70.6 Å². The number of allylic oxidation sites excluding steroid dienone is 9. The molecule has 0 aromatic heterocycles. The fourth-order valence-corrected chi connectivity index (χ4v) is 12.2. The van der Waals surface area contributed by atoms with E-state index in [0.29, 0.717) is 19.4 Å². The maximum absolute atomic E-state index is 13.0. The van der Waals surface area contributed by atoms with Crippen molar-refractivity contribution in [3.05, 3.63) is 60.8 Å². The Morgan fingerprint density at radius 1 is 0.407 bits per heavy atom. The molecule has 1 amide bonds. The molecule has 11 heteroatoms. The third kappa shape index (κ3) is 57.3. The number of carbonyl (C=O) groups is 2. The van der Waals surface area contributed by atoms with Crippen LogP contribution < -0.4 is 5.32 Å². The normalized spacial score (nSPS) is 17.9. The number of amides is 1. The number of rotatable bonds is 69. The van der Waals surface area contributed by atoms with E-state index < -0.39 is 49.5 Å². The van der Waals surface area contributed by atoms with Crippen LogP contribution in [-0.4, -0.2) is 100 Å². The monoisotopic (exact) mass is 1280 g/mol. The van der Waals surface area contributed by atoms with Crippen LogP contribution in [0.1, 0.15) is 373 Å². The van der Waals surface area contributed by atoms with Gasteiger partial charge < -0.3 is 45.1 Å². The van der Waals surface area contributed by atoms with Crippen molar-refractivity contribution in [3.63, 3.8) is 0 Å². The fraction of sp³-hybridized carbons (Fsp3) is 0.850. The second-order valence-corrected chi connectivity index (χ2v) is 27.1. The van der Waals surface area contributed by atoms with Gasteiger partial charge in [-0.1, -0.05) is 325 Å². The average Bonchev–Trinajstić information content (AvgIpc) is 3.73. The third-order valence-corrected chi connectivity index (χ3v) is 18.3. The van der Waals surface area contributed by atoms with Crippen LogP contribution in [0.15, 0.2) is 60.8 Å². The van der Waals surface area contributed by atoms with Gasteiger partial charge in [0.1, 0.15) is 24.4 Å². The van der Waals surface area contributed by atoms with Gasteiger partial charge in [-0.2, -0.15) is 0 Å². The zero-order valence-corrected chi connectivity index (χ0v) is 59.3. The standard InChI is InChI=1S/C80H147NO10/c1-3-5-7-9-11-13-14-15-41-45-48-52-56-60-64-68-76(85)89-69-65-61-57-53-49-46-43-40-38-36-34-32-30-28-26-24-22-20-18-16-17-19-21-23-25-27-29-31-33-35-37-39-42-44-47-51-55-59-63-67-75(84)81-72(73(83)66-62-58-54-50-12-10-8-6-4-2)71-90-80-79(88)78(87)77(86)74(70-82)91-80/h11,13,15-17,20,22,41,62,66,72-74,77-80,82-83,86-88H,3-10,12,14,18-19,21,23-40,42-61,63-65,67-71H2,1-2H3,(H,81,84)/b13-11-,17-16-,22-20-,41-15-,66-62+.